The third kappa shape index (κ3) is 3.87. The van der Waals surface area contributed by atoms with E-state index in [9.17, 15) is 8.78 Å². The van der Waals surface area contributed by atoms with Gasteiger partial charge in [0.05, 0.1) is 0 Å². The van der Waals surface area contributed by atoms with E-state index in [1.54, 1.807) is 36.0 Å². The minimum atomic E-state index is -0.338. The van der Waals surface area contributed by atoms with Crippen LogP contribution < -0.4 is 0 Å². The lowest BCUT2D eigenvalue weighted by molar-refractivity contribution is 0.611. The summed E-state index contributed by atoms with van der Waals surface area (Å²) in [6.07, 6.45) is 0. The fourth-order valence-corrected chi connectivity index (χ4v) is 4.45. The van der Waals surface area contributed by atoms with Crippen LogP contribution in [-0.2, 0) is 0 Å². The Hall–Kier alpha value is -3.97. The Morgan fingerprint density at radius 1 is 0.576 bits per heavy atom. The van der Waals surface area contributed by atoms with Crippen molar-refractivity contribution in [3.05, 3.63) is 96.6 Å². The summed E-state index contributed by atoms with van der Waals surface area (Å²) in [5, 5.41) is 0. The van der Waals surface area contributed by atoms with Gasteiger partial charge in [0.1, 0.15) is 22.7 Å². The molecule has 0 saturated heterocycles. The van der Waals surface area contributed by atoms with E-state index in [-0.39, 0.29) is 11.6 Å². The molecule has 4 aromatic carbocycles. The van der Waals surface area contributed by atoms with E-state index >= 15 is 0 Å². The summed E-state index contributed by atoms with van der Waals surface area (Å²) in [7, 11) is 0. The van der Waals surface area contributed by atoms with Crippen molar-refractivity contribution in [2.45, 2.75) is 9.79 Å². The third-order valence-electron chi connectivity index (χ3n) is 5.10. The number of fused-ring (bicyclic) bond motifs is 2. The molecule has 2 heterocycles. The molecule has 0 bridgehead atoms. The molecule has 0 aliphatic rings. The molecule has 33 heavy (non-hydrogen) atoms. The second kappa shape index (κ2) is 7.86. The third-order valence-corrected chi connectivity index (χ3v) is 6.08. The van der Waals surface area contributed by atoms with Crippen LogP contribution in [0.4, 0.5) is 8.78 Å². The van der Waals surface area contributed by atoms with Gasteiger partial charge in [0, 0.05) is 20.9 Å². The normalized spacial score (nSPS) is 11.5. The van der Waals surface area contributed by atoms with Crippen molar-refractivity contribution in [3.63, 3.8) is 0 Å². The quantitative estimate of drug-likeness (QED) is 0.272. The number of aromatic nitrogens is 2. The fraction of sp³-hybridized carbons (Fsp3) is 0. The van der Waals surface area contributed by atoms with E-state index < -0.39 is 0 Å². The van der Waals surface area contributed by atoms with Crippen molar-refractivity contribution >= 4 is 34.0 Å². The Kier molecular flexibility index (Phi) is 4.69. The van der Waals surface area contributed by atoms with Crippen molar-refractivity contribution in [2.24, 2.45) is 0 Å². The molecule has 4 nitrogen and oxygen atoms in total. The van der Waals surface area contributed by atoms with Gasteiger partial charge < -0.3 is 8.83 Å². The Bertz CT molecular complexity index is 1520. The van der Waals surface area contributed by atoms with E-state index in [4.69, 9.17) is 8.83 Å². The molecule has 0 aliphatic heterocycles. The van der Waals surface area contributed by atoms with E-state index in [1.165, 1.54) is 24.3 Å². The molecule has 0 amide bonds. The molecule has 6 aromatic rings. The second-order valence-corrected chi connectivity index (χ2v) is 8.57. The summed E-state index contributed by atoms with van der Waals surface area (Å²) in [4.78, 5) is 11.0. The standard InChI is InChI=1S/C26H14F2N2O2S/c27-17-5-1-3-15(11-17)25-29-21-13-19(7-9-23(21)31-25)33-20-8-10-24-22(14-20)30-26(32-24)16-4-2-6-18(28)12-16/h1-14H. The van der Waals surface area contributed by atoms with Crippen LogP contribution in [0.3, 0.4) is 0 Å². The summed E-state index contributed by atoms with van der Waals surface area (Å²) in [6.45, 7) is 0. The second-order valence-electron chi connectivity index (χ2n) is 7.42. The molecule has 0 radical (unpaired) electrons. The zero-order chi connectivity index (χ0) is 22.4. The maximum Gasteiger partial charge on any atom is 0.227 e. The smallest absolute Gasteiger partial charge is 0.227 e. The van der Waals surface area contributed by atoms with Crippen molar-refractivity contribution < 1.29 is 17.6 Å². The molecular formula is C26H14F2N2O2S. The first-order chi connectivity index (χ1) is 16.1. The van der Waals surface area contributed by atoms with Crippen molar-refractivity contribution in [1.82, 2.24) is 9.97 Å². The van der Waals surface area contributed by atoms with Crippen LogP contribution in [0, 0.1) is 11.6 Å². The summed E-state index contributed by atoms with van der Waals surface area (Å²) in [6, 6.07) is 23.8. The number of oxazole rings is 2. The van der Waals surface area contributed by atoms with Gasteiger partial charge in [-0.05, 0) is 72.8 Å². The molecule has 0 atom stereocenters. The largest absolute Gasteiger partial charge is 0.436 e. The maximum atomic E-state index is 13.5. The predicted octanol–water partition coefficient (Wildman–Crippen LogP) is 7.73. The molecule has 0 saturated carbocycles. The molecule has 160 valence electrons. The molecule has 0 spiro atoms. The fourth-order valence-electron chi connectivity index (χ4n) is 3.57. The lowest BCUT2D eigenvalue weighted by Gasteiger charge is -2.00. The van der Waals surface area contributed by atoms with Gasteiger partial charge in [-0.15, -0.1) is 0 Å². The van der Waals surface area contributed by atoms with E-state index in [0.717, 1.165) is 9.79 Å². The number of hydrogen-bond donors (Lipinski definition) is 0. The Labute approximate surface area is 190 Å². The molecule has 7 heteroatoms. The van der Waals surface area contributed by atoms with Gasteiger partial charge in [-0.3, -0.25) is 0 Å². The average molecular weight is 456 g/mol. The highest BCUT2D eigenvalue weighted by Crippen LogP contribution is 2.34. The van der Waals surface area contributed by atoms with Gasteiger partial charge in [-0.1, -0.05) is 23.9 Å². The summed E-state index contributed by atoms with van der Waals surface area (Å²) >= 11 is 1.55. The first-order valence-electron chi connectivity index (χ1n) is 10.1. The number of hydrogen-bond acceptors (Lipinski definition) is 5. The first-order valence-corrected chi connectivity index (χ1v) is 10.9. The highest BCUT2D eigenvalue weighted by atomic mass is 32.2. The van der Waals surface area contributed by atoms with Gasteiger partial charge in [0.25, 0.3) is 0 Å². The average Bonchev–Trinajstić information content (AvgIpc) is 3.43. The molecule has 2 aromatic heterocycles. The van der Waals surface area contributed by atoms with E-state index in [1.807, 2.05) is 36.4 Å². The molecular weight excluding hydrogens is 442 g/mol. The predicted molar refractivity (Wildman–Crippen MR) is 123 cm³/mol. The zero-order valence-corrected chi connectivity index (χ0v) is 17.8. The monoisotopic (exact) mass is 456 g/mol. The van der Waals surface area contributed by atoms with E-state index in [2.05, 4.69) is 9.97 Å². The van der Waals surface area contributed by atoms with Crippen molar-refractivity contribution in [2.75, 3.05) is 0 Å². The molecule has 0 N–H and O–H groups in total. The van der Waals surface area contributed by atoms with Gasteiger partial charge in [-0.25, -0.2) is 18.7 Å². The highest BCUT2D eigenvalue weighted by Gasteiger charge is 2.12. The van der Waals surface area contributed by atoms with Crippen LogP contribution in [0.5, 0.6) is 0 Å². The lowest BCUT2D eigenvalue weighted by atomic mass is 10.2. The molecule has 0 aliphatic carbocycles. The number of rotatable bonds is 4. The number of benzene rings is 4. The van der Waals surface area contributed by atoms with Gasteiger partial charge in [0.2, 0.25) is 11.8 Å². The van der Waals surface area contributed by atoms with Crippen LogP contribution in [-0.4, -0.2) is 9.97 Å². The van der Waals surface area contributed by atoms with Crippen LogP contribution >= 0.6 is 11.8 Å². The van der Waals surface area contributed by atoms with E-state index in [0.29, 0.717) is 45.1 Å². The van der Waals surface area contributed by atoms with Crippen LogP contribution in [0.25, 0.3) is 45.1 Å². The molecule has 0 fully saturated rings. The first kappa shape index (κ1) is 19.7. The van der Waals surface area contributed by atoms with Crippen molar-refractivity contribution in [1.29, 1.82) is 0 Å². The Morgan fingerprint density at radius 3 is 1.52 bits per heavy atom. The highest BCUT2D eigenvalue weighted by molar-refractivity contribution is 7.99. The minimum absolute atomic E-state index is 0.338. The van der Waals surface area contributed by atoms with Crippen LogP contribution in [0.15, 0.2) is 104 Å². The van der Waals surface area contributed by atoms with Crippen molar-refractivity contribution in [3.8, 4) is 22.9 Å². The SMILES string of the molecule is Fc1cccc(-c2nc3cc(Sc4ccc5oc(-c6cccc(F)c6)nc5c4)ccc3o2)c1. The van der Waals surface area contributed by atoms with Gasteiger partial charge in [0.15, 0.2) is 11.2 Å². The molecule has 6 rings (SSSR count). The van der Waals surface area contributed by atoms with Gasteiger partial charge in [-0.2, -0.15) is 0 Å². The Balaban J connectivity index is 1.29. The molecule has 0 unspecified atom stereocenters. The summed E-state index contributed by atoms with van der Waals surface area (Å²) in [5.74, 6) is 0.0747. The minimum Gasteiger partial charge on any atom is -0.436 e. The Morgan fingerprint density at radius 2 is 1.06 bits per heavy atom. The lowest BCUT2D eigenvalue weighted by Crippen LogP contribution is -1.79. The summed E-state index contributed by atoms with van der Waals surface area (Å²) < 4.78 is 38.7. The zero-order valence-electron chi connectivity index (χ0n) is 17.0. The number of nitrogens with zero attached hydrogens (tertiary/aromatic N) is 2. The van der Waals surface area contributed by atoms with Crippen LogP contribution in [0.1, 0.15) is 0 Å². The van der Waals surface area contributed by atoms with Gasteiger partial charge >= 0.3 is 0 Å². The maximum absolute atomic E-state index is 13.5. The van der Waals surface area contributed by atoms with Crippen LogP contribution in [0.2, 0.25) is 0 Å². The summed E-state index contributed by atoms with van der Waals surface area (Å²) in [5.41, 5.74) is 3.82. The number of halogens is 2. The topological polar surface area (TPSA) is 52.1 Å².